The molecule has 0 fully saturated rings. The van der Waals surface area contributed by atoms with Gasteiger partial charge in [0, 0.05) is 6.42 Å². The van der Waals surface area contributed by atoms with Gasteiger partial charge in [0.2, 0.25) is 0 Å². The van der Waals surface area contributed by atoms with E-state index in [1.54, 1.807) is 0 Å². The first-order chi connectivity index (χ1) is 6.40. The van der Waals surface area contributed by atoms with E-state index in [0.29, 0.717) is 6.61 Å². The maximum Gasteiger partial charge on any atom is 0.122 e. The third kappa shape index (κ3) is 1.82. The van der Waals surface area contributed by atoms with Gasteiger partial charge in [0.1, 0.15) is 12.4 Å². The maximum absolute atomic E-state index is 5.42. The third-order valence-electron chi connectivity index (χ3n) is 2.10. The van der Waals surface area contributed by atoms with Crippen molar-refractivity contribution in [2.24, 2.45) is 0 Å². The summed E-state index contributed by atoms with van der Waals surface area (Å²) >= 11 is 0. The Morgan fingerprint density at radius 1 is 1.46 bits per heavy atom. The lowest BCUT2D eigenvalue weighted by Crippen LogP contribution is -1.91. The van der Waals surface area contributed by atoms with E-state index in [0.717, 1.165) is 24.3 Å². The molecule has 0 radical (unpaired) electrons. The molecule has 70 valence electrons. The molecule has 0 atom stereocenters. The van der Waals surface area contributed by atoms with E-state index in [2.05, 4.69) is 11.0 Å². The zero-order chi connectivity index (χ0) is 9.10. The fraction of sp³-hybridized carbons (Fsp3) is 0.400. The van der Waals surface area contributed by atoms with Crippen molar-refractivity contribution in [1.29, 1.82) is 0 Å². The van der Waals surface area contributed by atoms with Gasteiger partial charge in [-0.2, -0.15) is 0 Å². The Kier molecular flexibility index (Phi) is 2.47. The molecule has 0 amide bonds. The molecule has 0 N–H and O–H groups in total. The Balaban J connectivity index is 2.12. The van der Waals surface area contributed by atoms with Gasteiger partial charge in [-0.1, -0.05) is 12.1 Å². The van der Waals surface area contributed by atoms with Crippen LogP contribution in [0.3, 0.4) is 0 Å². The molecule has 0 saturated heterocycles. The summed E-state index contributed by atoms with van der Waals surface area (Å²) in [5.74, 6) is 0.984. The summed E-state index contributed by atoms with van der Waals surface area (Å²) in [5.41, 5.74) is 2.35. The largest absolute Gasteiger partial charge is 0.493 e. The molecule has 3 heteroatoms. The van der Waals surface area contributed by atoms with Crippen LogP contribution in [0, 0.1) is 0 Å². The lowest BCUT2D eigenvalue weighted by molar-refractivity contribution is -0.282. The quantitative estimate of drug-likeness (QED) is 0.523. The Hall–Kier alpha value is -1.06. The van der Waals surface area contributed by atoms with Gasteiger partial charge >= 0.3 is 0 Å². The summed E-state index contributed by atoms with van der Waals surface area (Å²) in [4.78, 5) is 9.35. The van der Waals surface area contributed by atoms with Gasteiger partial charge in [0.15, 0.2) is 0 Å². The highest BCUT2D eigenvalue weighted by Crippen LogP contribution is 2.26. The van der Waals surface area contributed by atoms with Crippen molar-refractivity contribution < 1.29 is 14.5 Å². The predicted octanol–water partition coefficient (Wildman–Crippen LogP) is 1.70. The lowest BCUT2D eigenvalue weighted by atomic mass is 10.1. The Labute approximate surface area is 77.2 Å². The van der Waals surface area contributed by atoms with Crippen molar-refractivity contribution in [2.75, 3.05) is 13.7 Å². The van der Waals surface area contributed by atoms with Crippen molar-refractivity contribution in [1.82, 2.24) is 0 Å². The Morgan fingerprint density at radius 3 is 3.23 bits per heavy atom. The summed E-state index contributed by atoms with van der Waals surface area (Å²) < 4.78 is 5.42. The highest BCUT2D eigenvalue weighted by molar-refractivity contribution is 5.39. The van der Waals surface area contributed by atoms with Gasteiger partial charge in [0.05, 0.1) is 13.7 Å². The van der Waals surface area contributed by atoms with E-state index in [1.165, 1.54) is 12.7 Å². The van der Waals surface area contributed by atoms with Gasteiger partial charge in [-0.15, -0.1) is 0 Å². The van der Waals surface area contributed by atoms with Crippen molar-refractivity contribution in [3.05, 3.63) is 29.3 Å². The van der Waals surface area contributed by atoms with Crippen LogP contribution >= 0.6 is 0 Å². The number of hydrogen-bond acceptors (Lipinski definition) is 3. The molecular weight excluding hydrogens is 168 g/mol. The molecule has 1 heterocycles. The summed E-state index contributed by atoms with van der Waals surface area (Å²) in [6.45, 7) is 1.26. The van der Waals surface area contributed by atoms with Crippen LogP contribution in [0.25, 0.3) is 0 Å². The van der Waals surface area contributed by atoms with E-state index in [9.17, 15) is 0 Å². The molecule has 0 aromatic heterocycles. The average Bonchev–Trinajstić information content (AvgIpc) is 2.61. The number of hydrogen-bond donors (Lipinski definition) is 0. The molecular formula is C10H12O3. The molecule has 2 rings (SSSR count). The second-order valence-electron chi connectivity index (χ2n) is 2.97. The number of rotatable bonds is 3. The normalized spacial score (nSPS) is 13.9. The molecule has 0 spiro atoms. The molecule has 0 bridgehead atoms. The van der Waals surface area contributed by atoms with E-state index < -0.39 is 0 Å². The van der Waals surface area contributed by atoms with Gasteiger partial charge in [-0.3, -0.25) is 0 Å². The first kappa shape index (κ1) is 8.53. The minimum absolute atomic E-state index is 0.465. The fourth-order valence-electron chi connectivity index (χ4n) is 1.43. The van der Waals surface area contributed by atoms with Gasteiger partial charge < -0.3 is 4.74 Å². The van der Waals surface area contributed by atoms with Crippen molar-refractivity contribution in [2.45, 2.75) is 13.0 Å². The molecule has 3 nitrogen and oxygen atoms in total. The number of ether oxygens (including phenoxy) is 1. The van der Waals surface area contributed by atoms with E-state index >= 15 is 0 Å². The van der Waals surface area contributed by atoms with Crippen molar-refractivity contribution in [3.8, 4) is 5.75 Å². The van der Waals surface area contributed by atoms with E-state index in [-0.39, 0.29) is 0 Å². The first-order valence-corrected chi connectivity index (χ1v) is 4.30. The minimum atomic E-state index is 0.465. The van der Waals surface area contributed by atoms with Crippen molar-refractivity contribution in [3.63, 3.8) is 0 Å². The molecule has 0 unspecified atom stereocenters. The number of benzene rings is 1. The van der Waals surface area contributed by atoms with Gasteiger partial charge in [-0.25, -0.2) is 9.78 Å². The SMILES string of the molecule is COOCc1ccc2c(c1)OCC2. The smallest absolute Gasteiger partial charge is 0.122 e. The van der Waals surface area contributed by atoms with Gasteiger partial charge in [0.25, 0.3) is 0 Å². The summed E-state index contributed by atoms with van der Waals surface area (Å²) in [6, 6.07) is 6.12. The van der Waals surface area contributed by atoms with Crippen LogP contribution in [-0.2, 0) is 22.8 Å². The third-order valence-corrected chi connectivity index (χ3v) is 2.10. The molecule has 1 aliphatic rings. The van der Waals surface area contributed by atoms with Crippen LogP contribution in [-0.4, -0.2) is 13.7 Å². The molecule has 13 heavy (non-hydrogen) atoms. The second-order valence-corrected chi connectivity index (χ2v) is 2.97. The van der Waals surface area contributed by atoms with Crippen LogP contribution in [0.5, 0.6) is 5.75 Å². The molecule has 0 aliphatic carbocycles. The Bertz CT molecular complexity index is 296. The van der Waals surface area contributed by atoms with Crippen LogP contribution in [0.15, 0.2) is 18.2 Å². The van der Waals surface area contributed by atoms with Gasteiger partial charge in [-0.05, 0) is 17.2 Å². The zero-order valence-corrected chi connectivity index (χ0v) is 7.58. The first-order valence-electron chi connectivity index (χ1n) is 4.30. The summed E-state index contributed by atoms with van der Waals surface area (Å²) in [5, 5.41) is 0. The molecule has 1 aromatic rings. The van der Waals surface area contributed by atoms with Crippen LogP contribution in [0.1, 0.15) is 11.1 Å². The van der Waals surface area contributed by atoms with Crippen LogP contribution < -0.4 is 4.74 Å². The Morgan fingerprint density at radius 2 is 2.38 bits per heavy atom. The molecule has 1 aliphatic heterocycles. The topological polar surface area (TPSA) is 27.7 Å². The highest BCUT2D eigenvalue weighted by Gasteiger charge is 2.11. The standard InChI is InChI=1S/C10H12O3/c1-11-13-7-8-2-3-9-4-5-12-10(9)6-8/h2-3,6H,4-5,7H2,1H3. The van der Waals surface area contributed by atoms with E-state index in [4.69, 9.17) is 9.62 Å². The maximum atomic E-state index is 5.42. The van der Waals surface area contributed by atoms with Crippen LogP contribution in [0.2, 0.25) is 0 Å². The highest BCUT2D eigenvalue weighted by atomic mass is 17.2. The monoisotopic (exact) mass is 180 g/mol. The predicted molar refractivity (Wildman–Crippen MR) is 47.4 cm³/mol. The second kappa shape index (κ2) is 3.77. The summed E-state index contributed by atoms with van der Waals surface area (Å²) in [6.07, 6.45) is 1.01. The zero-order valence-electron chi connectivity index (χ0n) is 7.58. The molecule has 1 aromatic carbocycles. The number of fused-ring (bicyclic) bond motifs is 1. The molecule has 0 saturated carbocycles. The van der Waals surface area contributed by atoms with Crippen molar-refractivity contribution >= 4 is 0 Å². The van der Waals surface area contributed by atoms with E-state index in [1.807, 2.05) is 12.1 Å². The minimum Gasteiger partial charge on any atom is -0.493 e. The lowest BCUT2D eigenvalue weighted by Gasteiger charge is -2.03. The average molecular weight is 180 g/mol. The fourth-order valence-corrected chi connectivity index (χ4v) is 1.43. The van der Waals surface area contributed by atoms with Crippen LogP contribution in [0.4, 0.5) is 0 Å². The summed E-state index contributed by atoms with van der Waals surface area (Å²) in [7, 11) is 1.50.